The van der Waals surface area contributed by atoms with Gasteiger partial charge in [-0.2, -0.15) is 0 Å². The summed E-state index contributed by atoms with van der Waals surface area (Å²) in [7, 11) is 2.99. The van der Waals surface area contributed by atoms with Gasteiger partial charge in [0, 0.05) is 14.1 Å². The molecule has 2 aromatic rings. The van der Waals surface area contributed by atoms with Gasteiger partial charge in [-0.3, -0.25) is 38.6 Å². The highest BCUT2D eigenvalue weighted by molar-refractivity contribution is 7.80. The summed E-state index contributed by atoms with van der Waals surface area (Å²) in [5, 5.41) is 5.16. The van der Waals surface area contributed by atoms with E-state index in [1.807, 2.05) is 0 Å². The minimum Gasteiger partial charge on any atom is -0.462 e. The van der Waals surface area contributed by atoms with Crippen LogP contribution in [0.15, 0.2) is 60.7 Å². The molecule has 2 unspecified atom stereocenters. The van der Waals surface area contributed by atoms with Gasteiger partial charge in [0.15, 0.2) is 21.1 Å². The van der Waals surface area contributed by atoms with Crippen LogP contribution in [0, 0.1) is 0 Å². The monoisotopic (exact) mass is 764 g/mol. The molecule has 2 saturated carbocycles. The zero-order valence-corrected chi connectivity index (χ0v) is 31.0. The molecule has 53 heavy (non-hydrogen) atoms. The zero-order valence-electron chi connectivity index (χ0n) is 29.4. The quantitative estimate of drug-likeness (QED) is 0.219. The van der Waals surface area contributed by atoms with Gasteiger partial charge in [-0.1, -0.05) is 80.9 Å². The number of likely N-dealkylation sites (N-methyl/N-ethyl adjacent to an activating group) is 2. The molecule has 0 spiro atoms. The molecule has 2 heterocycles. The molecule has 12 nitrogen and oxygen atoms in total. The van der Waals surface area contributed by atoms with Crippen molar-refractivity contribution in [1.82, 2.24) is 20.4 Å². The Bertz CT molecular complexity index is 1590. The topological polar surface area (TPSA) is 151 Å². The first-order valence-corrected chi connectivity index (χ1v) is 18.5. The van der Waals surface area contributed by atoms with Crippen LogP contribution in [0.25, 0.3) is 0 Å². The van der Waals surface area contributed by atoms with Gasteiger partial charge in [0.2, 0.25) is 23.6 Å². The first-order valence-electron chi connectivity index (χ1n) is 17.7. The third-order valence-corrected chi connectivity index (χ3v) is 11.0. The van der Waals surface area contributed by atoms with Crippen molar-refractivity contribution in [2.24, 2.45) is 0 Å². The summed E-state index contributed by atoms with van der Waals surface area (Å²) in [5.74, 6) is -3.28. The summed E-state index contributed by atoms with van der Waals surface area (Å²) in [6, 6.07) is 17.2. The maximum atomic E-state index is 13.1. The van der Waals surface area contributed by atoms with Crippen molar-refractivity contribution in [3.63, 3.8) is 0 Å². The van der Waals surface area contributed by atoms with E-state index in [1.165, 1.54) is 23.9 Å². The molecule has 0 aromatic heterocycles. The molecule has 2 aromatic carbocycles. The number of ether oxygens (including phenoxy) is 2. The van der Waals surface area contributed by atoms with E-state index in [0.717, 1.165) is 64.2 Å². The van der Waals surface area contributed by atoms with Crippen molar-refractivity contribution < 1.29 is 38.2 Å². The molecule has 2 N–H and O–H groups in total. The van der Waals surface area contributed by atoms with Gasteiger partial charge in [-0.25, -0.2) is 0 Å². The number of esters is 2. The maximum Gasteiger partial charge on any atom is 0.308 e. The predicted octanol–water partition coefficient (Wildman–Crippen LogP) is 4.76. The zero-order chi connectivity index (χ0) is 37.5. The van der Waals surface area contributed by atoms with Crippen molar-refractivity contribution in [2.75, 3.05) is 14.1 Å². The molecule has 4 fully saturated rings. The molecule has 4 amide bonds. The van der Waals surface area contributed by atoms with E-state index >= 15 is 0 Å². The fourth-order valence-electron chi connectivity index (χ4n) is 7.25. The normalized spacial score (nSPS) is 23.9. The van der Waals surface area contributed by atoms with Gasteiger partial charge in [-0.15, -0.1) is 0 Å². The fourth-order valence-corrected chi connectivity index (χ4v) is 7.60. The van der Waals surface area contributed by atoms with E-state index in [4.69, 9.17) is 33.9 Å². The van der Waals surface area contributed by atoms with Crippen molar-refractivity contribution in [3.05, 3.63) is 71.8 Å². The largest absolute Gasteiger partial charge is 0.462 e. The molecular formula is C39H48N4O8S2. The summed E-state index contributed by atoms with van der Waals surface area (Å²) in [6.45, 7) is 0. The molecule has 2 aliphatic carbocycles. The van der Waals surface area contributed by atoms with Crippen LogP contribution < -0.4 is 10.6 Å². The second-order valence-electron chi connectivity index (χ2n) is 13.6. The van der Waals surface area contributed by atoms with Gasteiger partial charge in [0.05, 0.1) is 12.8 Å². The first kappa shape index (κ1) is 41.2. The van der Waals surface area contributed by atoms with Gasteiger partial charge in [-0.05, 0) is 86.9 Å². The first-order chi connectivity index (χ1) is 24.9. The summed E-state index contributed by atoms with van der Waals surface area (Å²) in [6.07, 6.45) is 8.75. The van der Waals surface area contributed by atoms with Crippen LogP contribution in [-0.2, 0) is 49.1 Å². The summed E-state index contributed by atoms with van der Waals surface area (Å²) < 4.78 is 11.2. The number of nitrogens with one attached hydrogen (secondary N) is 2. The Morgan fingerprint density at radius 1 is 0.623 bits per heavy atom. The number of hydrogen-bond donors (Lipinski definition) is 2. The Morgan fingerprint density at radius 3 is 1.26 bits per heavy atom. The summed E-state index contributed by atoms with van der Waals surface area (Å²) in [4.78, 5) is 79.5. The molecule has 0 bridgehead atoms. The highest BCUT2D eigenvalue weighted by atomic mass is 32.1. The second-order valence-corrected chi connectivity index (χ2v) is 14.4. The van der Waals surface area contributed by atoms with Crippen LogP contribution in [0.5, 0.6) is 0 Å². The average molecular weight is 765 g/mol. The van der Waals surface area contributed by atoms with E-state index in [2.05, 4.69) is 10.6 Å². The van der Waals surface area contributed by atoms with Crippen LogP contribution in [0.3, 0.4) is 0 Å². The van der Waals surface area contributed by atoms with Crippen LogP contribution in [0.4, 0.5) is 0 Å². The molecule has 2 aliphatic heterocycles. The van der Waals surface area contributed by atoms with Gasteiger partial charge in [0.1, 0.15) is 12.2 Å². The van der Waals surface area contributed by atoms with Gasteiger partial charge < -0.3 is 20.1 Å². The van der Waals surface area contributed by atoms with E-state index in [9.17, 15) is 28.8 Å². The molecule has 284 valence electrons. The number of hydrogen-bond acceptors (Lipinski definition) is 10. The Kier molecular flexibility index (Phi) is 14.0. The van der Waals surface area contributed by atoms with E-state index in [1.54, 1.807) is 60.7 Å². The van der Waals surface area contributed by atoms with Crippen LogP contribution in [0.1, 0.15) is 95.6 Å². The van der Waals surface area contributed by atoms with Crippen molar-refractivity contribution >= 4 is 70.2 Å². The lowest BCUT2D eigenvalue weighted by Gasteiger charge is -2.39. The minimum atomic E-state index is -1.66. The fraction of sp³-hybridized carbons (Fsp3) is 0.487. The third kappa shape index (κ3) is 8.81. The molecular weight excluding hydrogens is 717 g/mol. The Hall–Kier alpha value is -4.56. The average Bonchev–Trinajstić information content (AvgIpc) is 3.15. The number of carbonyl (C=O) groups is 6. The van der Waals surface area contributed by atoms with Gasteiger partial charge in [0.25, 0.3) is 0 Å². The van der Waals surface area contributed by atoms with Gasteiger partial charge >= 0.3 is 11.9 Å². The Labute approximate surface area is 321 Å². The molecule has 2 saturated heterocycles. The lowest BCUT2D eigenvalue weighted by molar-refractivity contribution is -0.158. The van der Waals surface area contributed by atoms with E-state index in [-0.39, 0.29) is 42.7 Å². The lowest BCUT2D eigenvalue weighted by Crippen LogP contribution is -2.65. The molecule has 14 heteroatoms. The summed E-state index contributed by atoms with van der Waals surface area (Å²) >= 11 is 10.1. The van der Waals surface area contributed by atoms with Crippen molar-refractivity contribution in [1.29, 1.82) is 0 Å². The Morgan fingerprint density at radius 2 is 0.943 bits per heavy atom. The molecule has 4 aliphatic rings. The second kappa shape index (κ2) is 18.0. The molecule has 6 rings (SSSR count). The number of rotatable bonds is 8. The smallest absolute Gasteiger partial charge is 0.308 e. The number of amides is 4. The SMILES string of the molecule is C.CN1C(=O)C(CC(=O)OC2CCCCC2)(c2ccccc2)C(=O)NC1=S.CN1C(=O)C(CC(=O)OC2CCCCC2)(c2ccccc2)C(=O)NC1=S. The van der Waals surface area contributed by atoms with Crippen LogP contribution >= 0.6 is 24.4 Å². The number of benzene rings is 2. The predicted molar refractivity (Wildman–Crippen MR) is 205 cm³/mol. The van der Waals surface area contributed by atoms with Crippen molar-refractivity contribution in [2.45, 2.75) is 108 Å². The molecule has 2 atom stereocenters. The Balaban J connectivity index is 0.000000232. The summed E-state index contributed by atoms with van der Waals surface area (Å²) in [5.41, 5.74) is -2.41. The van der Waals surface area contributed by atoms with Crippen LogP contribution in [0.2, 0.25) is 0 Å². The standard InChI is InChI=1S/2C19H22N2O4S.CH4/c2*1-21-17(24)19(16(23)20-18(21)26,13-8-4-2-5-9-13)12-15(22)25-14-10-6-3-7-11-14;/h2*2,4-5,8-9,14H,3,6-7,10-12H2,1H3,(H,20,23,26);1H4. The maximum absolute atomic E-state index is 13.1. The highest BCUT2D eigenvalue weighted by Crippen LogP contribution is 2.36. The molecule has 0 radical (unpaired) electrons. The van der Waals surface area contributed by atoms with Crippen molar-refractivity contribution in [3.8, 4) is 0 Å². The van der Waals surface area contributed by atoms with E-state index < -0.39 is 46.4 Å². The minimum absolute atomic E-state index is 0. The van der Waals surface area contributed by atoms with Crippen LogP contribution in [-0.4, -0.2) is 81.9 Å². The number of carbonyl (C=O) groups excluding carboxylic acids is 6. The number of thiocarbonyl (C=S) groups is 2. The lowest BCUT2D eigenvalue weighted by atomic mass is 9.74. The third-order valence-electron chi connectivity index (χ3n) is 10.2. The highest BCUT2D eigenvalue weighted by Gasteiger charge is 2.56. The van der Waals surface area contributed by atoms with E-state index in [0.29, 0.717) is 11.1 Å². The number of nitrogens with zero attached hydrogens (tertiary/aromatic N) is 2.